The highest BCUT2D eigenvalue weighted by molar-refractivity contribution is 7.89. The zero-order chi connectivity index (χ0) is 23.2. The fraction of sp³-hybridized carbons (Fsp3) is 0.409. The molecule has 32 heavy (non-hydrogen) atoms. The average molecular weight is 471 g/mol. The van der Waals surface area contributed by atoms with Gasteiger partial charge in [-0.3, -0.25) is 4.79 Å². The van der Waals surface area contributed by atoms with Crippen LogP contribution in [0, 0.1) is 0 Å². The van der Waals surface area contributed by atoms with Crippen LogP contribution < -0.4 is 10.0 Å². The second-order valence-corrected chi connectivity index (χ2v) is 9.45. The summed E-state index contributed by atoms with van der Waals surface area (Å²) in [5.74, 6) is -0.430. The third-order valence-electron chi connectivity index (χ3n) is 5.09. The number of hydrogen-bond donors (Lipinski definition) is 2. The number of ether oxygens (including phenoxy) is 1. The molecule has 3 rings (SSSR count). The summed E-state index contributed by atoms with van der Waals surface area (Å²) in [6.07, 6.45) is -0.749. The standard InChI is InChI=1S/C22H25F3N2O4S/c23-22(24,25)15-31-14-17-10-8-16(9-11-17)13-26-21(28)18-4-3-7-20(12-18)32(29,30)27-19-5-1-2-6-19/h3-4,7-12,19,27H,1-2,5-6,13-15H2,(H,26,28). The van der Waals surface area contributed by atoms with Crippen LogP contribution in [0.25, 0.3) is 0 Å². The Kier molecular flexibility index (Phi) is 7.91. The van der Waals surface area contributed by atoms with Gasteiger partial charge in [-0.1, -0.05) is 43.2 Å². The van der Waals surface area contributed by atoms with E-state index in [0.717, 1.165) is 31.2 Å². The molecule has 1 saturated carbocycles. The molecule has 0 aromatic heterocycles. The third kappa shape index (κ3) is 7.32. The van der Waals surface area contributed by atoms with E-state index >= 15 is 0 Å². The van der Waals surface area contributed by atoms with E-state index in [9.17, 15) is 26.4 Å². The molecule has 1 aliphatic carbocycles. The van der Waals surface area contributed by atoms with E-state index in [1.165, 1.54) is 24.3 Å². The summed E-state index contributed by atoms with van der Waals surface area (Å²) in [4.78, 5) is 12.5. The van der Waals surface area contributed by atoms with Gasteiger partial charge in [0.2, 0.25) is 10.0 Å². The number of amides is 1. The van der Waals surface area contributed by atoms with Crippen LogP contribution in [0.3, 0.4) is 0 Å². The first-order valence-electron chi connectivity index (χ1n) is 10.3. The SMILES string of the molecule is O=C(NCc1ccc(COCC(F)(F)F)cc1)c1cccc(S(=O)(=O)NC2CCCC2)c1. The fourth-order valence-corrected chi connectivity index (χ4v) is 4.81. The minimum atomic E-state index is -4.37. The predicted octanol–water partition coefficient (Wildman–Crippen LogP) is 3.92. The molecule has 2 N–H and O–H groups in total. The number of carbonyl (C=O) groups excluding carboxylic acids is 1. The van der Waals surface area contributed by atoms with Gasteiger partial charge in [0.1, 0.15) is 6.61 Å². The lowest BCUT2D eigenvalue weighted by molar-refractivity contribution is -0.176. The molecule has 1 aliphatic rings. The van der Waals surface area contributed by atoms with Crippen LogP contribution >= 0.6 is 0 Å². The Balaban J connectivity index is 1.54. The molecule has 1 fully saturated rings. The number of sulfonamides is 1. The van der Waals surface area contributed by atoms with E-state index in [1.54, 1.807) is 24.3 Å². The van der Waals surface area contributed by atoms with Gasteiger partial charge in [0.05, 0.1) is 11.5 Å². The molecule has 174 valence electrons. The summed E-state index contributed by atoms with van der Waals surface area (Å²) >= 11 is 0. The van der Waals surface area contributed by atoms with Gasteiger partial charge < -0.3 is 10.1 Å². The number of benzene rings is 2. The number of nitrogens with one attached hydrogen (secondary N) is 2. The van der Waals surface area contributed by atoms with E-state index in [4.69, 9.17) is 0 Å². The van der Waals surface area contributed by atoms with Gasteiger partial charge >= 0.3 is 6.18 Å². The minimum Gasteiger partial charge on any atom is -0.367 e. The highest BCUT2D eigenvalue weighted by Gasteiger charge is 2.27. The Morgan fingerprint density at radius 3 is 2.34 bits per heavy atom. The van der Waals surface area contributed by atoms with Crippen molar-refractivity contribution in [1.82, 2.24) is 10.0 Å². The van der Waals surface area contributed by atoms with Crippen molar-refractivity contribution >= 4 is 15.9 Å². The highest BCUT2D eigenvalue weighted by atomic mass is 32.2. The topological polar surface area (TPSA) is 84.5 Å². The lowest BCUT2D eigenvalue weighted by atomic mass is 10.1. The molecule has 6 nitrogen and oxygen atoms in total. The number of halogens is 3. The lowest BCUT2D eigenvalue weighted by Crippen LogP contribution is -2.32. The zero-order valence-corrected chi connectivity index (χ0v) is 18.1. The van der Waals surface area contributed by atoms with E-state index in [-0.39, 0.29) is 29.7 Å². The first-order chi connectivity index (χ1) is 15.1. The summed E-state index contributed by atoms with van der Waals surface area (Å²) in [7, 11) is -3.70. The molecule has 0 bridgehead atoms. The maximum atomic E-state index is 12.6. The molecule has 10 heteroatoms. The average Bonchev–Trinajstić information content (AvgIpc) is 3.24. The Hall–Kier alpha value is -2.43. The van der Waals surface area contributed by atoms with Crippen LogP contribution in [-0.4, -0.2) is 33.1 Å². The maximum Gasteiger partial charge on any atom is 0.411 e. The molecule has 0 atom stereocenters. The Bertz CT molecular complexity index is 1020. The number of carbonyl (C=O) groups is 1. The molecule has 0 unspecified atom stereocenters. The number of alkyl halides is 3. The van der Waals surface area contributed by atoms with Crippen LogP contribution in [0.15, 0.2) is 53.4 Å². The smallest absolute Gasteiger partial charge is 0.367 e. The number of rotatable bonds is 9. The molecule has 0 aliphatic heterocycles. The number of hydrogen-bond acceptors (Lipinski definition) is 4. The molecule has 2 aromatic carbocycles. The van der Waals surface area contributed by atoms with Gasteiger partial charge in [-0.25, -0.2) is 13.1 Å². The fourth-order valence-electron chi connectivity index (χ4n) is 3.46. The Morgan fingerprint density at radius 1 is 1.03 bits per heavy atom. The van der Waals surface area contributed by atoms with E-state index in [2.05, 4.69) is 14.8 Å². The van der Waals surface area contributed by atoms with E-state index in [1.807, 2.05) is 0 Å². The molecule has 2 aromatic rings. The van der Waals surface area contributed by atoms with Crippen LogP contribution in [-0.2, 0) is 27.9 Å². The van der Waals surface area contributed by atoms with Gasteiger partial charge in [-0.05, 0) is 42.2 Å². The molecular formula is C22H25F3N2O4S. The molecule has 0 radical (unpaired) electrons. The molecule has 0 spiro atoms. The van der Waals surface area contributed by atoms with Crippen LogP contribution in [0.1, 0.15) is 47.2 Å². The van der Waals surface area contributed by atoms with Crippen molar-refractivity contribution in [3.8, 4) is 0 Å². The van der Waals surface area contributed by atoms with Crippen LogP contribution in [0.5, 0.6) is 0 Å². The summed E-state index contributed by atoms with van der Waals surface area (Å²) in [5, 5.41) is 2.72. The van der Waals surface area contributed by atoms with Gasteiger partial charge in [0.25, 0.3) is 5.91 Å². The summed E-state index contributed by atoms with van der Waals surface area (Å²) < 4.78 is 68.8. The van der Waals surface area contributed by atoms with Crippen molar-refractivity contribution in [1.29, 1.82) is 0 Å². The molecule has 0 saturated heterocycles. The highest BCUT2D eigenvalue weighted by Crippen LogP contribution is 2.21. The van der Waals surface area contributed by atoms with Crippen molar-refractivity contribution in [2.75, 3.05) is 6.61 Å². The van der Waals surface area contributed by atoms with Crippen molar-refractivity contribution in [3.05, 3.63) is 65.2 Å². The van der Waals surface area contributed by atoms with Crippen LogP contribution in [0.4, 0.5) is 13.2 Å². The second-order valence-electron chi connectivity index (χ2n) is 7.74. The molecule has 0 heterocycles. The summed E-state index contributed by atoms with van der Waals surface area (Å²) in [6, 6.07) is 12.4. The van der Waals surface area contributed by atoms with Crippen molar-refractivity contribution in [2.45, 2.75) is 55.9 Å². The van der Waals surface area contributed by atoms with Gasteiger partial charge in [-0.2, -0.15) is 13.2 Å². The van der Waals surface area contributed by atoms with Gasteiger partial charge in [0.15, 0.2) is 0 Å². The van der Waals surface area contributed by atoms with Crippen molar-refractivity contribution in [3.63, 3.8) is 0 Å². The van der Waals surface area contributed by atoms with Gasteiger partial charge in [-0.15, -0.1) is 0 Å². The predicted molar refractivity (Wildman–Crippen MR) is 112 cm³/mol. The lowest BCUT2D eigenvalue weighted by Gasteiger charge is -2.13. The molecule has 1 amide bonds. The molecular weight excluding hydrogens is 445 g/mol. The first-order valence-corrected chi connectivity index (χ1v) is 11.7. The van der Waals surface area contributed by atoms with Crippen molar-refractivity contribution in [2.24, 2.45) is 0 Å². The van der Waals surface area contributed by atoms with Crippen LogP contribution in [0.2, 0.25) is 0 Å². The normalized spacial score (nSPS) is 15.1. The Morgan fingerprint density at radius 2 is 1.69 bits per heavy atom. The first kappa shape index (κ1) is 24.2. The monoisotopic (exact) mass is 470 g/mol. The third-order valence-corrected chi connectivity index (χ3v) is 6.61. The summed E-state index contributed by atoms with van der Waals surface area (Å²) in [6.45, 7) is -1.29. The van der Waals surface area contributed by atoms with E-state index in [0.29, 0.717) is 5.56 Å². The zero-order valence-electron chi connectivity index (χ0n) is 17.3. The maximum absolute atomic E-state index is 12.6. The van der Waals surface area contributed by atoms with E-state index < -0.39 is 28.7 Å². The van der Waals surface area contributed by atoms with Crippen molar-refractivity contribution < 1.29 is 31.1 Å². The minimum absolute atomic E-state index is 0.0419. The Labute approximate surface area is 185 Å². The second kappa shape index (κ2) is 10.5. The largest absolute Gasteiger partial charge is 0.411 e. The quantitative estimate of drug-likeness (QED) is 0.582. The van der Waals surface area contributed by atoms with Gasteiger partial charge in [0, 0.05) is 18.2 Å². The summed E-state index contributed by atoms with van der Waals surface area (Å²) in [5.41, 5.74) is 1.54.